The van der Waals surface area contributed by atoms with Gasteiger partial charge in [0, 0.05) is 13.1 Å². The Morgan fingerprint density at radius 1 is 1.25 bits per heavy atom. The summed E-state index contributed by atoms with van der Waals surface area (Å²) < 4.78 is 39.6. The summed E-state index contributed by atoms with van der Waals surface area (Å²) in [6, 6.07) is 4.72. The number of nitrogens with zero attached hydrogens (tertiary/aromatic N) is 2. The third kappa shape index (κ3) is 3.28. The molecule has 1 N–H and O–H groups in total. The lowest BCUT2D eigenvalue weighted by atomic mass is 9.94. The van der Waals surface area contributed by atoms with E-state index in [2.05, 4.69) is 0 Å². The molecule has 1 aromatic carbocycles. The molecule has 0 spiro atoms. The predicted molar refractivity (Wildman–Crippen MR) is 83.6 cm³/mol. The number of carbonyl (C=O) groups is 1. The molecule has 2 heterocycles. The summed E-state index contributed by atoms with van der Waals surface area (Å²) in [4.78, 5) is 15.9. The second-order valence-electron chi connectivity index (χ2n) is 6.88. The Labute approximate surface area is 138 Å². The first-order valence-corrected chi connectivity index (χ1v) is 8.13. The fourth-order valence-electron chi connectivity index (χ4n) is 3.72. The zero-order valence-electron chi connectivity index (χ0n) is 13.5. The van der Waals surface area contributed by atoms with Gasteiger partial charge in [0.15, 0.2) is 0 Å². The van der Waals surface area contributed by atoms with Crippen LogP contribution in [0, 0.1) is 0 Å². The van der Waals surface area contributed by atoms with Crippen molar-refractivity contribution in [3.63, 3.8) is 0 Å². The Morgan fingerprint density at radius 2 is 1.96 bits per heavy atom. The van der Waals surface area contributed by atoms with Gasteiger partial charge in [-0.2, -0.15) is 13.2 Å². The normalized spacial score (nSPS) is 29.3. The minimum atomic E-state index is -4.50. The van der Waals surface area contributed by atoms with E-state index >= 15 is 0 Å². The van der Waals surface area contributed by atoms with Gasteiger partial charge in [0.1, 0.15) is 0 Å². The molecule has 1 aromatic rings. The molecule has 2 aliphatic heterocycles. The number of alkyl halides is 3. The van der Waals surface area contributed by atoms with E-state index < -0.39 is 23.4 Å². The summed E-state index contributed by atoms with van der Waals surface area (Å²) in [5, 5.41) is 10.2. The molecule has 3 rings (SSSR count). The molecule has 0 bridgehead atoms. The predicted octanol–water partition coefficient (Wildman–Crippen LogP) is 2.66. The Kier molecular flexibility index (Phi) is 4.34. The second-order valence-corrected chi connectivity index (χ2v) is 6.88. The van der Waals surface area contributed by atoms with Crippen molar-refractivity contribution in [3.8, 4) is 0 Å². The number of hydrogen-bond donors (Lipinski definition) is 1. The summed E-state index contributed by atoms with van der Waals surface area (Å²) in [5.41, 5.74) is -1.72. The molecule has 0 aromatic heterocycles. The smallest absolute Gasteiger partial charge is 0.389 e. The molecule has 2 fully saturated rings. The molecular weight excluding hydrogens is 321 g/mol. The number of rotatable bonds is 2. The molecule has 24 heavy (non-hydrogen) atoms. The summed E-state index contributed by atoms with van der Waals surface area (Å²) in [6.07, 6.45) is -2.58. The van der Waals surface area contributed by atoms with Crippen molar-refractivity contribution in [3.05, 3.63) is 29.8 Å². The molecule has 0 aliphatic carbocycles. The van der Waals surface area contributed by atoms with Crippen LogP contribution in [0.3, 0.4) is 0 Å². The zero-order chi connectivity index (χ0) is 17.5. The maximum absolute atomic E-state index is 13.2. The van der Waals surface area contributed by atoms with E-state index in [1.165, 1.54) is 23.1 Å². The number of likely N-dealkylation sites (tertiary alicyclic amines) is 1. The van der Waals surface area contributed by atoms with Crippen LogP contribution in [0.15, 0.2) is 24.3 Å². The van der Waals surface area contributed by atoms with E-state index in [9.17, 15) is 23.1 Å². The molecule has 4 nitrogen and oxygen atoms in total. The van der Waals surface area contributed by atoms with Gasteiger partial charge in [0.25, 0.3) is 0 Å². The maximum atomic E-state index is 13.2. The standard InChI is InChI=1S/C17H21F3N2O2/c1-16(24)8-4-9-21(11-16)14-7-10-22(15(14)23)13-6-3-2-5-12(13)17(18,19)20/h2-3,5-6,14,24H,4,7-11H2,1H3. The van der Waals surface area contributed by atoms with Crippen LogP contribution in [0.5, 0.6) is 0 Å². The van der Waals surface area contributed by atoms with Gasteiger partial charge in [-0.25, -0.2) is 0 Å². The van der Waals surface area contributed by atoms with Crippen LogP contribution in [0.1, 0.15) is 31.7 Å². The average Bonchev–Trinajstić information content (AvgIpc) is 2.87. The minimum Gasteiger partial charge on any atom is -0.389 e. The fraction of sp³-hybridized carbons (Fsp3) is 0.588. The highest BCUT2D eigenvalue weighted by Gasteiger charge is 2.43. The third-order valence-electron chi connectivity index (χ3n) is 4.82. The summed E-state index contributed by atoms with van der Waals surface area (Å²) in [7, 11) is 0. The quantitative estimate of drug-likeness (QED) is 0.899. The highest BCUT2D eigenvalue weighted by atomic mass is 19.4. The minimum absolute atomic E-state index is 0.0822. The van der Waals surface area contributed by atoms with Crippen LogP contribution < -0.4 is 4.90 Å². The Hall–Kier alpha value is -1.60. The number of β-amino-alcohol motifs (C(OH)–C–C–N with tert-alkyl or cyclic N) is 1. The van der Waals surface area contributed by atoms with Gasteiger partial charge in [-0.1, -0.05) is 12.1 Å². The number of piperidine rings is 1. The molecule has 2 saturated heterocycles. The van der Waals surface area contributed by atoms with Gasteiger partial charge in [-0.05, 0) is 44.9 Å². The number of hydrogen-bond acceptors (Lipinski definition) is 3. The van der Waals surface area contributed by atoms with Crippen molar-refractivity contribution in [1.82, 2.24) is 4.90 Å². The number of halogens is 3. The first-order valence-electron chi connectivity index (χ1n) is 8.13. The largest absolute Gasteiger partial charge is 0.418 e. The van der Waals surface area contributed by atoms with Crippen molar-refractivity contribution in [2.75, 3.05) is 24.5 Å². The van der Waals surface area contributed by atoms with Crippen molar-refractivity contribution in [2.24, 2.45) is 0 Å². The lowest BCUT2D eigenvalue weighted by Gasteiger charge is -2.39. The molecule has 132 valence electrons. The summed E-state index contributed by atoms with van der Waals surface area (Å²) in [5.74, 6) is -0.315. The van der Waals surface area contributed by atoms with Crippen LogP contribution in [0.2, 0.25) is 0 Å². The van der Waals surface area contributed by atoms with Crippen LogP contribution in [0.25, 0.3) is 0 Å². The van der Waals surface area contributed by atoms with Gasteiger partial charge >= 0.3 is 6.18 Å². The Balaban J connectivity index is 1.83. The fourth-order valence-corrected chi connectivity index (χ4v) is 3.72. The number of carbonyl (C=O) groups excluding carboxylic acids is 1. The van der Waals surface area contributed by atoms with Crippen molar-refractivity contribution in [2.45, 2.75) is 44.0 Å². The number of para-hydroxylation sites is 1. The molecule has 0 radical (unpaired) electrons. The van der Waals surface area contributed by atoms with Gasteiger partial charge in [-0.3, -0.25) is 9.69 Å². The van der Waals surface area contributed by atoms with Crippen molar-refractivity contribution < 1.29 is 23.1 Å². The van der Waals surface area contributed by atoms with Crippen LogP contribution in [0.4, 0.5) is 18.9 Å². The molecule has 2 unspecified atom stereocenters. The molecule has 2 aliphatic rings. The number of amides is 1. The SMILES string of the molecule is CC1(O)CCCN(C2CCN(c3ccccc3C(F)(F)F)C2=O)C1. The molecule has 1 amide bonds. The molecule has 0 saturated carbocycles. The lowest BCUT2D eigenvalue weighted by Crippen LogP contribution is -2.52. The summed E-state index contributed by atoms with van der Waals surface area (Å²) in [6.45, 7) is 3.05. The lowest BCUT2D eigenvalue weighted by molar-refractivity contribution is -0.137. The topological polar surface area (TPSA) is 43.8 Å². The van der Waals surface area contributed by atoms with Crippen LogP contribution >= 0.6 is 0 Å². The highest BCUT2D eigenvalue weighted by Crippen LogP contribution is 2.38. The second kappa shape index (κ2) is 6.04. The Morgan fingerprint density at radius 3 is 2.62 bits per heavy atom. The number of aliphatic hydroxyl groups is 1. The monoisotopic (exact) mass is 342 g/mol. The number of benzene rings is 1. The van der Waals surface area contributed by atoms with E-state index in [0.29, 0.717) is 25.9 Å². The molecule has 2 atom stereocenters. The van der Waals surface area contributed by atoms with E-state index in [4.69, 9.17) is 0 Å². The van der Waals surface area contributed by atoms with E-state index in [0.717, 1.165) is 12.5 Å². The third-order valence-corrected chi connectivity index (χ3v) is 4.82. The molecular formula is C17H21F3N2O2. The van der Waals surface area contributed by atoms with Gasteiger partial charge in [0.05, 0.1) is 22.9 Å². The van der Waals surface area contributed by atoms with E-state index in [1.807, 2.05) is 4.90 Å². The van der Waals surface area contributed by atoms with Crippen LogP contribution in [-0.4, -0.2) is 47.2 Å². The maximum Gasteiger partial charge on any atom is 0.418 e. The first-order chi connectivity index (χ1) is 11.2. The zero-order valence-corrected chi connectivity index (χ0v) is 13.5. The molecule has 7 heteroatoms. The van der Waals surface area contributed by atoms with Gasteiger partial charge in [-0.15, -0.1) is 0 Å². The van der Waals surface area contributed by atoms with Crippen molar-refractivity contribution >= 4 is 11.6 Å². The van der Waals surface area contributed by atoms with E-state index in [-0.39, 0.29) is 18.1 Å². The van der Waals surface area contributed by atoms with E-state index in [1.54, 1.807) is 6.92 Å². The average molecular weight is 342 g/mol. The number of anilines is 1. The first kappa shape index (κ1) is 17.2. The highest BCUT2D eigenvalue weighted by molar-refractivity contribution is 6.00. The van der Waals surface area contributed by atoms with Gasteiger partial charge in [0.2, 0.25) is 5.91 Å². The summed E-state index contributed by atoms with van der Waals surface area (Å²) >= 11 is 0. The Bertz CT molecular complexity index is 631. The van der Waals surface area contributed by atoms with Crippen molar-refractivity contribution in [1.29, 1.82) is 0 Å². The van der Waals surface area contributed by atoms with Gasteiger partial charge < -0.3 is 10.0 Å². The van der Waals surface area contributed by atoms with Crippen LogP contribution in [-0.2, 0) is 11.0 Å².